The lowest BCUT2D eigenvalue weighted by atomic mass is 9.97. The fourth-order valence-electron chi connectivity index (χ4n) is 5.03. The number of nitriles is 2. The molecule has 6 aromatic rings. The van der Waals surface area contributed by atoms with Crippen LogP contribution in [0.25, 0.3) is 49.7 Å². The normalized spacial score (nSPS) is 10.9. The average molecular weight is 461 g/mol. The lowest BCUT2D eigenvalue weighted by Gasteiger charge is -2.15. The van der Waals surface area contributed by atoms with E-state index >= 15 is 0 Å². The Kier molecular flexibility index (Phi) is 5.07. The summed E-state index contributed by atoms with van der Waals surface area (Å²) in [7, 11) is 0. The number of benzene rings is 4. The van der Waals surface area contributed by atoms with Crippen LogP contribution in [0, 0.1) is 29.6 Å². The van der Waals surface area contributed by atoms with Crippen molar-refractivity contribution >= 4 is 21.8 Å². The molecule has 0 unspecified atom stereocenters. The van der Waals surface area contributed by atoms with E-state index in [9.17, 15) is 10.5 Å². The molecule has 2 heterocycles. The zero-order valence-corrected chi connectivity index (χ0v) is 19.6. The van der Waals surface area contributed by atoms with E-state index in [1.54, 1.807) is 12.4 Å². The van der Waals surface area contributed by atoms with Crippen LogP contribution in [0.2, 0.25) is 0 Å². The molecule has 0 amide bonds. The highest BCUT2D eigenvalue weighted by Gasteiger charge is 2.17. The maximum atomic E-state index is 10.1. The molecule has 0 aliphatic heterocycles. The number of para-hydroxylation sites is 1. The van der Waals surface area contributed by atoms with Crippen molar-refractivity contribution < 1.29 is 0 Å². The third-order valence-electron chi connectivity index (χ3n) is 6.72. The fourth-order valence-corrected chi connectivity index (χ4v) is 5.03. The molecule has 0 atom stereocenters. The minimum atomic E-state index is 0.610. The Morgan fingerprint density at radius 2 is 1.36 bits per heavy atom. The third kappa shape index (κ3) is 3.33. The standard InChI is InChI=1S/C32H20N4/c1-21-16-29(22-12-14-35-15-13-22)25(20-34)18-31(21)36-30-9-5-4-8-27(30)28-11-10-23(17-32(28)36)26-7-3-2-6-24(26)19-33/h2-18H,1H3. The summed E-state index contributed by atoms with van der Waals surface area (Å²) >= 11 is 0. The number of pyridine rings is 1. The highest BCUT2D eigenvalue weighted by Crippen LogP contribution is 2.37. The first kappa shape index (κ1) is 21.4. The van der Waals surface area contributed by atoms with E-state index in [1.165, 1.54) is 0 Å². The van der Waals surface area contributed by atoms with Crippen LogP contribution in [0.15, 0.2) is 103 Å². The van der Waals surface area contributed by atoms with Crippen LogP contribution in [-0.2, 0) is 0 Å². The van der Waals surface area contributed by atoms with Crippen molar-refractivity contribution in [2.24, 2.45) is 0 Å². The Morgan fingerprint density at radius 1 is 0.639 bits per heavy atom. The molecule has 0 saturated heterocycles. The van der Waals surface area contributed by atoms with Gasteiger partial charge in [0.2, 0.25) is 0 Å². The van der Waals surface area contributed by atoms with Crippen LogP contribution in [-0.4, -0.2) is 9.55 Å². The molecule has 4 aromatic carbocycles. The Morgan fingerprint density at radius 3 is 2.17 bits per heavy atom. The number of aryl methyl sites for hydroxylation is 1. The minimum absolute atomic E-state index is 0.610. The third-order valence-corrected chi connectivity index (χ3v) is 6.72. The highest BCUT2D eigenvalue weighted by atomic mass is 15.0. The second-order valence-corrected chi connectivity index (χ2v) is 8.77. The number of hydrogen-bond donors (Lipinski definition) is 0. The summed E-state index contributed by atoms with van der Waals surface area (Å²) in [6.45, 7) is 2.08. The molecular weight excluding hydrogens is 440 g/mol. The number of fused-ring (bicyclic) bond motifs is 3. The van der Waals surface area contributed by atoms with Crippen molar-refractivity contribution in [2.75, 3.05) is 0 Å². The first-order valence-electron chi connectivity index (χ1n) is 11.7. The van der Waals surface area contributed by atoms with E-state index in [-0.39, 0.29) is 0 Å². The van der Waals surface area contributed by atoms with Gasteiger partial charge in [-0.25, -0.2) is 0 Å². The van der Waals surface area contributed by atoms with Crippen molar-refractivity contribution in [1.82, 2.24) is 9.55 Å². The van der Waals surface area contributed by atoms with Gasteiger partial charge in [0.1, 0.15) is 0 Å². The largest absolute Gasteiger partial charge is 0.309 e. The molecule has 168 valence electrons. The molecule has 4 nitrogen and oxygen atoms in total. The first-order chi connectivity index (χ1) is 17.7. The number of hydrogen-bond acceptors (Lipinski definition) is 3. The summed E-state index contributed by atoms with van der Waals surface area (Å²) in [5.74, 6) is 0. The van der Waals surface area contributed by atoms with E-state index in [1.807, 2.05) is 54.6 Å². The molecule has 0 spiro atoms. The number of nitrogens with zero attached hydrogens (tertiary/aromatic N) is 4. The predicted octanol–water partition coefficient (Wildman–Crippen LogP) is 7.56. The van der Waals surface area contributed by atoms with Gasteiger partial charge in [0.25, 0.3) is 0 Å². The smallest absolute Gasteiger partial charge is 0.0998 e. The molecule has 4 heteroatoms. The number of rotatable bonds is 3. The van der Waals surface area contributed by atoms with Gasteiger partial charge in [-0.2, -0.15) is 10.5 Å². The highest BCUT2D eigenvalue weighted by molar-refractivity contribution is 6.10. The maximum Gasteiger partial charge on any atom is 0.0998 e. The zero-order chi connectivity index (χ0) is 24.6. The van der Waals surface area contributed by atoms with Crippen LogP contribution in [0.4, 0.5) is 0 Å². The van der Waals surface area contributed by atoms with Gasteiger partial charge in [0, 0.05) is 23.2 Å². The molecular formula is C32H20N4. The second kappa shape index (κ2) is 8.55. The summed E-state index contributed by atoms with van der Waals surface area (Å²) < 4.78 is 2.23. The van der Waals surface area contributed by atoms with Gasteiger partial charge in [0.15, 0.2) is 0 Å². The van der Waals surface area contributed by atoms with Gasteiger partial charge in [0.05, 0.1) is 40.0 Å². The quantitative estimate of drug-likeness (QED) is 0.274. The Hall–Kier alpha value is -5.19. The molecule has 0 aliphatic carbocycles. The summed E-state index contributed by atoms with van der Waals surface area (Å²) in [4.78, 5) is 4.11. The van der Waals surface area contributed by atoms with Crippen LogP contribution < -0.4 is 0 Å². The fraction of sp³-hybridized carbons (Fsp3) is 0.0312. The van der Waals surface area contributed by atoms with E-state index < -0.39 is 0 Å². The first-order valence-corrected chi connectivity index (χ1v) is 11.7. The molecule has 0 saturated carbocycles. The van der Waals surface area contributed by atoms with Crippen LogP contribution in [0.1, 0.15) is 16.7 Å². The van der Waals surface area contributed by atoms with Crippen molar-refractivity contribution in [1.29, 1.82) is 10.5 Å². The molecule has 6 rings (SSSR count). The van der Waals surface area contributed by atoms with Crippen molar-refractivity contribution in [3.05, 3.63) is 120 Å². The van der Waals surface area contributed by atoms with Gasteiger partial charge >= 0.3 is 0 Å². The van der Waals surface area contributed by atoms with Gasteiger partial charge in [-0.1, -0.05) is 48.5 Å². The topological polar surface area (TPSA) is 65.4 Å². The van der Waals surface area contributed by atoms with Crippen LogP contribution in [0.5, 0.6) is 0 Å². The summed E-state index contributed by atoms with van der Waals surface area (Å²) in [5.41, 5.74) is 9.12. The van der Waals surface area contributed by atoms with Crippen molar-refractivity contribution in [2.45, 2.75) is 6.92 Å². The van der Waals surface area contributed by atoms with Gasteiger partial charge in [-0.3, -0.25) is 4.98 Å². The molecule has 36 heavy (non-hydrogen) atoms. The minimum Gasteiger partial charge on any atom is -0.309 e. The zero-order valence-electron chi connectivity index (χ0n) is 19.6. The summed E-state index contributed by atoms with van der Waals surface area (Å²) in [6.07, 6.45) is 3.49. The summed E-state index contributed by atoms with van der Waals surface area (Å²) in [6, 6.07) is 35.0. The Bertz CT molecular complexity index is 1870. The Balaban J connectivity index is 1.66. The average Bonchev–Trinajstić information content (AvgIpc) is 3.27. The predicted molar refractivity (Wildman–Crippen MR) is 144 cm³/mol. The van der Waals surface area contributed by atoms with Gasteiger partial charge in [-0.15, -0.1) is 0 Å². The molecule has 0 radical (unpaired) electrons. The van der Waals surface area contributed by atoms with E-state index in [2.05, 4.69) is 65.0 Å². The van der Waals surface area contributed by atoms with E-state index in [0.717, 1.165) is 55.3 Å². The molecule has 0 bridgehead atoms. The van der Waals surface area contributed by atoms with E-state index in [4.69, 9.17) is 0 Å². The van der Waals surface area contributed by atoms with Gasteiger partial charge in [-0.05, 0) is 77.2 Å². The maximum absolute atomic E-state index is 10.1. The lowest BCUT2D eigenvalue weighted by Crippen LogP contribution is -2.00. The van der Waals surface area contributed by atoms with Crippen LogP contribution >= 0.6 is 0 Å². The molecule has 2 aromatic heterocycles. The molecule has 0 aliphatic rings. The number of aromatic nitrogens is 2. The second-order valence-electron chi connectivity index (χ2n) is 8.77. The summed E-state index contributed by atoms with van der Waals surface area (Å²) in [5, 5.41) is 22.0. The lowest BCUT2D eigenvalue weighted by molar-refractivity contribution is 1.15. The Labute approximate surface area is 208 Å². The van der Waals surface area contributed by atoms with Crippen LogP contribution in [0.3, 0.4) is 0 Å². The van der Waals surface area contributed by atoms with Gasteiger partial charge < -0.3 is 4.57 Å². The SMILES string of the molecule is Cc1cc(-c2ccncc2)c(C#N)cc1-n1c2ccccc2c2ccc(-c3ccccc3C#N)cc21. The van der Waals surface area contributed by atoms with Crippen molar-refractivity contribution in [3.63, 3.8) is 0 Å². The van der Waals surface area contributed by atoms with E-state index in [0.29, 0.717) is 11.1 Å². The monoisotopic (exact) mass is 460 g/mol. The van der Waals surface area contributed by atoms with Crippen molar-refractivity contribution in [3.8, 4) is 40.1 Å². The molecule has 0 N–H and O–H groups in total. The molecule has 0 fully saturated rings.